The van der Waals surface area contributed by atoms with E-state index in [1.807, 2.05) is 37.4 Å². The van der Waals surface area contributed by atoms with E-state index in [0.29, 0.717) is 10.6 Å². The Balaban J connectivity index is 2.41. The molecule has 2 rings (SSSR count). The predicted octanol–water partition coefficient (Wildman–Crippen LogP) is 4.25. The van der Waals surface area contributed by atoms with Crippen LogP contribution in [0.1, 0.15) is 26.4 Å². The maximum atomic E-state index is 12.1. The van der Waals surface area contributed by atoms with Crippen LogP contribution in [0.2, 0.25) is 5.02 Å². The molecule has 0 amide bonds. The van der Waals surface area contributed by atoms with Crippen molar-refractivity contribution >= 4 is 28.7 Å². The number of hydrogen-bond acceptors (Lipinski definition) is 2. The molecule has 0 aliphatic rings. The van der Waals surface area contributed by atoms with Gasteiger partial charge in [0, 0.05) is 26.4 Å². The van der Waals surface area contributed by atoms with Gasteiger partial charge in [0.1, 0.15) is 0 Å². The van der Waals surface area contributed by atoms with E-state index in [4.69, 9.17) is 11.6 Å². The standard InChI is InChI=1S/C13H11ClOS/c1-8-3-10(6-12(14)4-8)13(15)11-5-9(2)16-7-11/h3-7H,1-2H3. The summed E-state index contributed by atoms with van der Waals surface area (Å²) in [5.74, 6) is 0.0370. The molecule has 0 unspecified atom stereocenters. The highest BCUT2D eigenvalue weighted by Gasteiger charge is 2.11. The smallest absolute Gasteiger partial charge is 0.193 e. The van der Waals surface area contributed by atoms with Crippen LogP contribution in [0.5, 0.6) is 0 Å². The van der Waals surface area contributed by atoms with Gasteiger partial charge in [0.25, 0.3) is 0 Å². The monoisotopic (exact) mass is 250 g/mol. The van der Waals surface area contributed by atoms with Crippen molar-refractivity contribution in [2.45, 2.75) is 13.8 Å². The summed E-state index contributed by atoms with van der Waals surface area (Å²) in [6.45, 7) is 3.92. The molecule has 0 fully saturated rings. The molecule has 0 atom stereocenters. The van der Waals surface area contributed by atoms with Crippen molar-refractivity contribution in [3.63, 3.8) is 0 Å². The van der Waals surface area contributed by atoms with Gasteiger partial charge in [-0.15, -0.1) is 11.3 Å². The highest BCUT2D eigenvalue weighted by atomic mass is 35.5. The molecule has 16 heavy (non-hydrogen) atoms. The number of hydrogen-bond donors (Lipinski definition) is 0. The second-order valence-corrected chi connectivity index (χ2v) is 5.34. The quantitative estimate of drug-likeness (QED) is 0.729. The first-order valence-electron chi connectivity index (χ1n) is 4.93. The van der Waals surface area contributed by atoms with Crippen LogP contribution in [0.25, 0.3) is 0 Å². The number of carbonyl (C=O) groups is 1. The molecule has 0 aliphatic heterocycles. The number of benzene rings is 1. The molecule has 2 aromatic rings. The fourth-order valence-corrected chi connectivity index (χ4v) is 2.57. The van der Waals surface area contributed by atoms with E-state index in [1.54, 1.807) is 17.4 Å². The summed E-state index contributed by atoms with van der Waals surface area (Å²) >= 11 is 7.52. The van der Waals surface area contributed by atoms with Gasteiger partial charge in [-0.1, -0.05) is 11.6 Å². The van der Waals surface area contributed by atoms with Crippen molar-refractivity contribution in [3.8, 4) is 0 Å². The molecule has 1 aromatic carbocycles. The Morgan fingerprint density at radius 2 is 1.88 bits per heavy atom. The molecule has 0 saturated heterocycles. The second kappa shape index (κ2) is 4.40. The summed E-state index contributed by atoms with van der Waals surface area (Å²) in [5, 5.41) is 2.49. The van der Waals surface area contributed by atoms with E-state index in [9.17, 15) is 4.79 Å². The lowest BCUT2D eigenvalue weighted by Crippen LogP contribution is -1.99. The summed E-state index contributed by atoms with van der Waals surface area (Å²) in [7, 11) is 0. The van der Waals surface area contributed by atoms with Crippen molar-refractivity contribution in [1.82, 2.24) is 0 Å². The summed E-state index contributed by atoms with van der Waals surface area (Å²) in [6, 6.07) is 7.32. The maximum absolute atomic E-state index is 12.1. The maximum Gasteiger partial charge on any atom is 0.193 e. The molecular formula is C13H11ClOS. The molecular weight excluding hydrogens is 240 g/mol. The van der Waals surface area contributed by atoms with Crippen LogP contribution in [0.4, 0.5) is 0 Å². The Bertz CT molecular complexity index is 522. The summed E-state index contributed by atoms with van der Waals surface area (Å²) in [5.41, 5.74) is 2.40. The third kappa shape index (κ3) is 2.34. The fraction of sp³-hybridized carbons (Fsp3) is 0.154. The van der Waals surface area contributed by atoms with Gasteiger partial charge in [-0.3, -0.25) is 4.79 Å². The Kier molecular flexibility index (Phi) is 3.13. The zero-order valence-electron chi connectivity index (χ0n) is 9.08. The SMILES string of the molecule is Cc1cc(Cl)cc(C(=O)c2csc(C)c2)c1. The van der Waals surface area contributed by atoms with Crippen molar-refractivity contribution in [2.24, 2.45) is 0 Å². The molecule has 0 aliphatic carbocycles. The Morgan fingerprint density at radius 1 is 1.12 bits per heavy atom. The number of carbonyl (C=O) groups excluding carboxylic acids is 1. The van der Waals surface area contributed by atoms with Crippen LogP contribution >= 0.6 is 22.9 Å². The van der Waals surface area contributed by atoms with Crippen LogP contribution in [0, 0.1) is 13.8 Å². The Morgan fingerprint density at radius 3 is 2.44 bits per heavy atom. The number of ketones is 1. The van der Waals surface area contributed by atoms with Crippen LogP contribution in [-0.4, -0.2) is 5.78 Å². The van der Waals surface area contributed by atoms with Gasteiger partial charge in [0.05, 0.1) is 0 Å². The molecule has 0 N–H and O–H groups in total. The Hall–Kier alpha value is -1.12. The Labute approximate surface area is 104 Å². The highest BCUT2D eigenvalue weighted by Crippen LogP contribution is 2.20. The molecule has 0 saturated carbocycles. The first-order chi connectivity index (χ1) is 7.56. The molecule has 1 nitrogen and oxygen atoms in total. The first kappa shape index (κ1) is 11.4. The van der Waals surface area contributed by atoms with Gasteiger partial charge in [-0.25, -0.2) is 0 Å². The van der Waals surface area contributed by atoms with Crippen LogP contribution in [-0.2, 0) is 0 Å². The minimum absolute atomic E-state index is 0.0370. The average Bonchev–Trinajstić information content (AvgIpc) is 2.62. The zero-order valence-corrected chi connectivity index (χ0v) is 10.7. The third-order valence-corrected chi connectivity index (χ3v) is 3.38. The number of aryl methyl sites for hydroxylation is 2. The summed E-state index contributed by atoms with van der Waals surface area (Å²) < 4.78 is 0. The predicted molar refractivity (Wildman–Crippen MR) is 68.7 cm³/mol. The zero-order chi connectivity index (χ0) is 11.7. The van der Waals surface area contributed by atoms with Gasteiger partial charge < -0.3 is 0 Å². The lowest BCUT2D eigenvalue weighted by molar-refractivity contribution is 0.103. The van der Waals surface area contributed by atoms with Gasteiger partial charge in [-0.05, 0) is 43.7 Å². The molecule has 3 heteroatoms. The first-order valence-corrected chi connectivity index (χ1v) is 6.19. The number of thiophene rings is 1. The van der Waals surface area contributed by atoms with Gasteiger partial charge in [0.2, 0.25) is 0 Å². The highest BCUT2D eigenvalue weighted by molar-refractivity contribution is 7.10. The van der Waals surface area contributed by atoms with Crippen LogP contribution in [0.15, 0.2) is 29.6 Å². The molecule has 82 valence electrons. The van der Waals surface area contributed by atoms with E-state index < -0.39 is 0 Å². The lowest BCUT2D eigenvalue weighted by atomic mass is 10.0. The number of rotatable bonds is 2. The van der Waals surface area contributed by atoms with Crippen molar-refractivity contribution in [1.29, 1.82) is 0 Å². The van der Waals surface area contributed by atoms with Crippen molar-refractivity contribution in [3.05, 3.63) is 56.2 Å². The molecule has 0 spiro atoms. The minimum Gasteiger partial charge on any atom is -0.289 e. The van der Waals surface area contributed by atoms with E-state index in [0.717, 1.165) is 16.0 Å². The summed E-state index contributed by atoms with van der Waals surface area (Å²) in [4.78, 5) is 13.3. The van der Waals surface area contributed by atoms with Gasteiger partial charge in [0.15, 0.2) is 5.78 Å². The minimum atomic E-state index is 0.0370. The molecule has 0 radical (unpaired) electrons. The van der Waals surface area contributed by atoms with Crippen LogP contribution in [0.3, 0.4) is 0 Å². The summed E-state index contributed by atoms with van der Waals surface area (Å²) in [6.07, 6.45) is 0. The van der Waals surface area contributed by atoms with E-state index in [1.165, 1.54) is 0 Å². The normalized spacial score (nSPS) is 10.4. The van der Waals surface area contributed by atoms with Gasteiger partial charge >= 0.3 is 0 Å². The fourth-order valence-electron chi connectivity index (χ4n) is 1.60. The topological polar surface area (TPSA) is 17.1 Å². The second-order valence-electron chi connectivity index (χ2n) is 3.79. The van der Waals surface area contributed by atoms with Crippen molar-refractivity contribution in [2.75, 3.05) is 0 Å². The van der Waals surface area contributed by atoms with E-state index in [2.05, 4.69) is 0 Å². The molecule has 1 aromatic heterocycles. The van der Waals surface area contributed by atoms with E-state index >= 15 is 0 Å². The van der Waals surface area contributed by atoms with Crippen molar-refractivity contribution < 1.29 is 4.79 Å². The molecule has 0 bridgehead atoms. The van der Waals surface area contributed by atoms with Gasteiger partial charge in [-0.2, -0.15) is 0 Å². The number of halogens is 1. The van der Waals surface area contributed by atoms with Crippen LogP contribution < -0.4 is 0 Å². The average molecular weight is 251 g/mol. The molecule has 1 heterocycles. The third-order valence-electron chi connectivity index (χ3n) is 2.30. The largest absolute Gasteiger partial charge is 0.289 e. The van der Waals surface area contributed by atoms with E-state index in [-0.39, 0.29) is 5.78 Å². The lowest BCUT2D eigenvalue weighted by Gasteiger charge is -2.01.